The summed E-state index contributed by atoms with van der Waals surface area (Å²) < 4.78 is 13.1. The molecule has 0 N–H and O–H groups in total. The lowest BCUT2D eigenvalue weighted by atomic mass is 9.92. The number of hydrogen-bond acceptors (Lipinski definition) is 1. The van der Waals surface area contributed by atoms with Crippen molar-refractivity contribution in [2.45, 2.75) is 25.3 Å². The van der Waals surface area contributed by atoms with Crippen LogP contribution in [0.5, 0.6) is 0 Å². The topological polar surface area (TPSA) is 20.3 Å². The maximum atomic E-state index is 13.1. The van der Waals surface area contributed by atoms with Crippen LogP contribution in [-0.4, -0.2) is 17.9 Å². The molecule has 1 saturated carbocycles. The van der Waals surface area contributed by atoms with Gasteiger partial charge in [0.25, 0.3) is 0 Å². The standard InChI is InChI=1S/C19H20FNO/c1-21(13-14-5-3-2-4-6-14)19(22)18(15-7-8-15)16-9-11-17(20)12-10-16/h2-6,9-12,15,18H,7-8,13H2,1H3. The normalized spacial score (nSPS) is 15.4. The molecule has 0 radical (unpaired) electrons. The van der Waals surface area contributed by atoms with Crippen LogP contribution in [-0.2, 0) is 11.3 Å². The van der Waals surface area contributed by atoms with Gasteiger partial charge < -0.3 is 4.90 Å². The molecule has 1 aliphatic carbocycles. The monoisotopic (exact) mass is 297 g/mol. The molecule has 1 amide bonds. The largest absolute Gasteiger partial charge is 0.341 e. The van der Waals surface area contributed by atoms with Crippen molar-refractivity contribution in [1.29, 1.82) is 0 Å². The highest BCUT2D eigenvalue weighted by molar-refractivity contribution is 5.84. The first-order chi connectivity index (χ1) is 10.6. The number of rotatable bonds is 5. The third-order valence-electron chi connectivity index (χ3n) is 4.23. The van der Waals surface area contributed by atoms with Crippen molar-refractivity contribution in [3.63, 3.8) is 0 Å². The van der Waals surface area contributed by atoms with Gasteiger partial charge in [-0.1, -0.05) is 42.5 Å². The third-order valence-corrected chi connectivity index (χ3v) is 4.23. The lowest BCUT2D eigenvalue weighted by molar-refractivity contribution is -0.132. The summed E-state index contributed by atoms with van der Waals surface area (Å²) in [7, 11) is 1.84. The molecule has 2 aromatic rings. The van der Waals surface area contributed by atoms with E-state index in [0.717, 1.165) is 24.0 Å². The van der Waals surface area contributed by atoms with E-state index in [-0.39, 0.29) is 17.6 Å². The summed E-state index contributed by atoms with van der Waals surface area (Å²) >= 11 is 0. The Bertz CT molecular complexity index is 634. The minimum absolute atomic E-state index is 0.123. The maximum absolute atomic E-state index is 13.1. The number of hydrogen-bond donors (Lipinski definition) is 0. The third kappa shape index (κ3) is 3.35. The second-order valence-electron chi connectivity index (χ2n) is 6.05. The zero-order chi connectivity index (χ0) is 15.5. The quantitative estimate of drug-likeness (QED) is 0.817. The molecule has 0 bridgehead atoms. The van der Waals surface area contributed by atoms with Gasteiger partial charge in [-0.2, -0.15) is 0 Å². The minimum Gasteiger partial charge on any atom is -0.341 e. The predicted molar refractivity (Wildman–Crippen MR) is 84.8 cm³/mol. The molecule has 114 valence electrons. The number of carbonyl (C=O) groups excluding carboxylic acids is 1. The average Bonchev–Trinajstić information content (AvgIpc) is 3.35. The van der Waals surface area contributed by atoms with Crippen LogP contribution in [0.1, 0.15) is 29.9 Å². The lowest BCUT2D eigenvalue weighted by Crippen LogP contribution is -2.32. The molecule has 3 rings (SSSR count). The van der Waals surface area contributed by atoms with Crippen molar-refractivity contribution in [3.8, 4) is 0 Å². The molecule has 0 aliphatic heterocycles. The van der Waals surface area contributed by atoms with E-state index < -0.39 is 0 Å². The Balaban J connectivity index is 1.76. The second-order valence-corrected chi connectivity index (χ2v) is 6.05. The molecule has 3 heteroatoms. The van der Waals surface area contributed by atoms with E-state index in [4.69, 9.17) is 0 Å². The summed E-state index contributed by atoms with van der Waals surface area (Å²) in [5, 5.41) is 0. The van der Waals surface area contributed by atoms with E-state index >= 15 is 0 Å². The SMILES string of the molecule is CN(Cc1ccccc1)C(=O)C(c1ccc(F)cc1)C1CC1. The first kappa shape index (κ1) is 14.8. The Labute approximate surface area is 130 Å². The van der Waals surface area contributed by atoms with E-state index in [0.29, 0.717) is 12.5 Å². The molecule has 1 atom stereocenters. The fraction of sp³-hybridized carbons (Fsp3) is 0.316. The van der Waals surface area contributed by atoms with Crippen molar-refractivity contribution >= 4 is 5.91 Å². The van der Waals surface area contributed by atoms with Crippen LogP contribution in [0.3, 0.4) is 0 Å². The van der Waals surface area contributed by atoms with E-state index in [9.17, 15) is 9.18 Å². The summed E-state index contributed by atoms with van der Waals surface area (Å²) in [6, 6.07) is 16.3. The first-order valence-corrected chi connectivity index (χ1v) is 7.69. The number of likely N-dealkylation sites (N-methyl/N-ethyl adjacent to an activating group) is 1. The van der Waals surface area contributed by atoms with Crippen LogP contribution in [0.2, 0.25) is 0 Å². The number of carbonyl (C=O) groups is 1. The maximum Gasteiger partial charge on any atom is 0.230 e. The summed E-state index contributed by atoms with van der Waals surface area (Å²) in [6.45, 7) is 0.601. The molecule has 2 nitrogen and oxygen atoms in total. The molecule has 0 aromatic heterocycles. The molecular formula is C19H20FNO. The van der Waals surface area contributed by atoms with Gasteiger partial charge in [0.1, 0.15) is 5.82 Å². The van der Waals surface area contributed by atoms with Crippen molar-refractivity contribution < 1.29 is 9.18 Å². The van der Waals surface area contributed by atoms with E-state index in [1.165, 1.54) is 12.1 Å². The van der Waals surface area contributed by atoms with Crippen molar-refractivity contribution in [2.75, 3.05) is 7.05 Å². The summed E-state index contributed by atoms with van der Waals surface area (Å²) in [5.74, 6) is 0.117. The fourth-order valence-electron chi connectivity index (χ4n) is 2.89. The lowest BCUT2D eigenvalue weighted by Gasteiger charge is -2.24. The van der Waals surface area contributed by atoms with Crippen LogP contribution >= 0.6 is 0 Å². The predicted octanol–water partition coefficient (Wildman–Crippen LogP) is 3.98. The molecule has 2 aromatic carbocycles. The number of amides is 1. The Kier molecular flexibility index (Phi) is 4.23. The van der Waals surface area contributed by atoms with Crippen LogP contribution in [0.15, 0.2) is 54.6 Å². The molecule has 22 heavy (non-hydrogen) atoms. The van der Waals surface area contributed by atoms with E-state index in [1.807, 2.05) is 37.4 Å². The summed E-state index contributed by atoms with van der Waals surface area (Å²) in [4.78, 5) is 14.6. The molecular weight excluding hydrogens is 277 g/mol. The van der Waals surface area contributed by atoms with Crippen LogP contribution in [0, 0.1) is 11.7 Å². The van der Waals surface area contributed by atoms with Gasteiger partial charge >= 0.3 is 0 Å². The van der Waals surface area contributed by atoms with Gasteiger partial charge in [-0.15, -0.1) is 0 Å². The zero-order valence-corrected chi connectivity index (χ0v) is 12.7. The minimum atomic E-state index is -0.261. The smallest absolute Gasteiger partial charge is 0.230 e. The highest BCUT2D eigenvalue weighted by Crippen LogP contribution is 2.43. The van der Waals surface area contributed by atoms with Gasteiger partial charge in [0, 0.05) is 13.6 Å². The Morgan fingerprint density at radius 1 is 1.14 bits per heavy atom. The number of nitrogens with zero attached hydrogens (tertiary/aromatic N) is 1. The molecule has 1 unspecified atom stereocenters. The fourth-order valence-corrected chi connectivity index (χ4v) is 2.89. The molecule has 1 aliphatic rings. The average molecular weight is 297 g/mol. The van der Waals surface area contributed by atoms with Crippen LogP contribution in [0.25, 0.3) is 0 Å². The van der Waals surface area contributed by atoms with E-state index in [1.54, 1.807) is 17.0 Å². The highest BCUT2D eigenvalue weighted by Gasteiger charge is 2.38. The Morgan fingerprint density at radius 2 is 1.77 bits per heavy atom. The molecule has 0 spiro atoms. The second kappa shape index (κ2) is 6.30. The van der Waals surface area contributed by atoms with Crippen molar-refractivity contribution in [3.05, 3.63) is 71.5 Å². The molecule has 0 heterocycles. The van der Waals surface area contributed by atoms with Crippen LogP contribution < -0.4 is 0 Å². The highest BCUT2D eigenvalue weighted by atomic mass is 19.1. The zero-order valence-electron chi connectivity index (χ0n) is 12.7. The first-order valence-electron chi connectivity index (χ1n) is 7.69. The molecule has 1 fully saturated rings. The van der Waals surface area contributed by atoms with Gasteiger partial charge in [-0.25, -0.2) is 4.39 Å². The summed E-state index contributed by atoms with van der Waals surface area (Å²) in [6.07, 6.45) is 2.15. The van der Waals surface area contributed by atoms with Gasteiger partial charge in [-0.3, -0.25) is 4.79 Å². The Hall–Kier alpha value is -2.16. The summed E-state index contributed by atoms with van der Waals surface area (Å²) in [5.41, 5.74) is 2.04. The van der Waals surface area contributed by atoms with Crippen molar-refractivity contribution in [1.82, 2.24) is 4.90 Å². The van der Waals surface area contributed by atoms with Gasteiger partial charge in [0.05, 0.1) is 5.92 Å². The number of halogens is 1. The van der Waals surface area contributed by atoms with E-state index in [2.05, 4.69) is 0 Å². The van der Waals surface area contributed by atoms with Crippen LogP contribution in [0.4, 0.5) is 4.39 Å². The molecule has 0 saturated heterocycles. The van der Waals surface area contributed by atoms with Gasteiger partial charge in [0.2, 0.25) is 5.91 Å². The van der Waals surface area contributed by atoms with Gasteiger partial charge in [0.15, 0.2) is 0 Å². The van der Waals surface area contributed by atoms with Gasteiger partial charge in [-0.05, 0) is 42.0 Å². The van der Waals surface area contributed by atoms with Crippen molar-refractivity contribution in [2.24, 2.45) is 5.92 Å². The Morgan fingerprint density at radius 3 is 2.36 bits per heavy atom. The number of benzene rings is 2.